The van der Waals surface area contributed by atoms with Gasteiger partial charge in [0.15, 0.2) is 0 Å². The Bertz CT molecular complexity index is 921. The van der Waals surface area contributed by atoms with E-state index in [2.05, 4.69) is 11.4 Å². The monoisotopic (exact) mass is 350 g/mol. The van der Waals surface area contributed by atoms with Crippen molar-refractivity contribution in [3.63, 3.8) is 0 Å². The molecular formula is C20H18N2O2S. The van der Waals surface area contributed by atoms with Crippen molar-refractivity contribution in [2.75, 3.05) is 10.2 Å². The Morgan fingerprint density at radius 1 is 1.12 bits per heavy atom. The SMILES string of the molecule is Cc1ccc(NC(=O)N2c3ccccc3S[C@H]2c2ccco2)c(C)c1. The normalized spacial score (nSPS) is 15.9. The van der Waals surface area contributed by atoms with E-state index in [-0.39, 0.29) is 11.4 Å². The van der Waals surface area contributed by atoms with Gasteiger partial charge in [0.2, 0.25) is 0 Å². The molecule has 1 atom stereocenters. The van der Waals surface area contributed by atoms with Gasteiger partial charge >= 0.3 is 6.03 Å². The van der Waals surface area contributed by atoms with Gasteiger partial charge in [-0.2, -0.15) is 0 Å². The molecule has 1 aliphatic rings. The van der Waals surface area contributed by atoms with Gasteiger partial charge in [0.1, 0.15) is 11.1 Å². The number of amides is 2. The van der Waals surface area contributed by atoms with E-state index in [9.17, 15) is 4.79 Å². The van der Waals surface area contributed by atoms with E-state index in [0.29, 0.717) is 0 Å². The van der Waals surface area contributed by atoms with E-state index in [1.807, 2.05) is 62.4 Å². The van der Waals surface area contributed by atoms with Crippen LogP contribution in [0.2, 0.25) is 0 Å². The third-order valence-corrected chi connectivity index (χ3v) is 5.49. The van der Waals surface area contributed by atoms with Crippen molar-refractivity contribution in [3.8, 4) is 0 Å². The summed E-state index contributed by atoms with van der Waals surface area (Å²) in [6.07, 6.45) is 1.64. The molecule has 4 nitrogen and oxygen atoms in total. The number of nitrogens with zero attached hydrogens (tertiary/aromatic N) is 1. The minimum Gasteiger partial charge on any atom is -0.466 e. The van der Waals surface area contributed by atoms with Crippen LogP contribution >= 0.6 is 11.8 Å². The largest absolute Gasteiger partial charge is 0.466 e. The number of para-hydroxylation sites is 1. The van der Waals surface area contributed by atoms with Crippen molar-refractivity contribution in [2.24, 2.45) is 0 Å². The van der Waals surface area contributed by atoms with Gasteiger partial charge in [-0.05, 0) is 49.7 Å². The number of anilines is 2. The molecule has 1 N–H and O–H groups in total. The summed E-state index contributed by atoms with van der Waals surface area (Å²) in [6, 6.07) is 17.5. The number of aryl methyl sites for hydroxylation is 2. The first-order chi connectivity index (χ1) is 12.1. The zero-order valence-corrected chi connectivity index (χ0v) is 14.8. The summed E-state index contributed by atoms with van der Waals surface area (Å²) in [7, 11) is 0. The predicted octanol–water partition coefficient (Wildman–Crippen LogP) is 5.74. The number of carbonyl (C=O) groups excluding carboxylic acids is 1. The number of fused-ring (bicyclic) bond motifs is 1. The highest BCUT2D eigenvalue weighted by atomic mass is 32.2. The molecule has 0 radical (unpaired) electrons. The molecule has 0 spiro atoms. The van der Waals surface area contributed by atoms with Gasteiger partial charge in [0.25, 0.3) is 0 Å². The topological polar surface area (TPSA) is 45.5 Å². The summed E-state index contributed by atoms with van der Waals surface area (Å²) in [5, 5.41) is 2.83. The summed E-state index contributed by atoms with van der Waals surface area (Å²) < 4.78 is 5.58. The van der Waals surface area contributed by atoms with Crippen LogP contribution in [0.4, 0.5) is 16.2 Å². The third kappa shape index (κ3) is 2.91. The fourth-order valence-electron chi connectivity index (χ4n) is 3.02. The summed E-state index contributed by atoms with van der Waals surface area (Å²) in [6.45, 7) is 4.04. The number of benzene rings is 2. The fourth-order valence-corrected chi connectivity index (χ4v) is 4.27. The first-order valence-corrected chi connectivity index (χ1v) is 8.98. The van der Waals surface area contributed by atoms with Gasteiger partial charge in [-0.3, -0.25) is 4.90 Å². The number of thioether (sulfide) groups is 1. The molecule has 2 aromatic carbocycles. The van der Waals surface area contributed by atoms with Crippen LogP contribution in [0, 0.1) is 13.8 Å². The van der Waals surface area contributed by atoms with Crippen LogP contribution in [0.15, 0.2) is 70.2 Å². The summed E-state index contributed by atoms with van der Waals surface area (Å²) in [4.78, 5) is 15.9. The van der Waals surface area contributed by atoms with Gasteiger partial charge in [0.05, 0.1) is 12.0 Å². The van der Waals surface area contributed by atoms with Crippen LogP contribution in [0.3, 0.4) is 0 Å². The molecule has 0 bridgehead atoms. The number of carbonyl (C=O) groups is 1. The molecule has 25 heavy (non-hydrogen) atoms. The minimum atomic E-state index is -0.210. The number of rotatable bonds is 2. The number of nitrogens with one attached hydrogen (secondary N) is 1. The summed E-state index contributed by atoms with van der Waals surface area (Å²) >= 11 is 1.62. The first-order valence-electron chi connectivity index (χ1n) is 8.10. The Kier molecular flexibility index (Phi) is 4.01. The minimum absolute atomic E-state index is 0.161. The predicted molar refractivity (Wildman–Crippen MR) is 101 cm³/mol. The van der Waals surface area contributed by atoms with Crippen molar-refractivity contribution in [2.45, 2.75) is 24.1 Å². The van der Waals surface area contributed by atoms with E-state index in [0.717, 1.165) is 27.6 Å². The van der Waals surface area contributed by atoms with Crippen molar-refractivity contribution in [1.29, 1.82) is 0 Å². The van der Waals surface area contributed by atoms with Crippen LogP contribution in [-0.4, -0.2) is 6.03 Å². The average Bonchev–Trinajstić information content (AvgIpc) is 3.24. The van der Waals surface area contributed by atoms with Crippen molar-refractivity contribution >= 4 is 29.2 Å². The lowest BCUT2D eigenvalue weighted by Crippen LogP contribution is -2.34. The van der Waals surface area contributed by atoms with E-state index in [1.165, 1.54) is 5.56 Å². The van der Waals surface area contributed by atoms with Gasteiger partial charge in [-0.25, -0.2) is 4.79 Å². The van der Waals surface area contributed by atoms with E-state index < -0.39 is 0 Å². The summed E-state index contributed by atoms with van der Waals surface area (Å²) in [5.74, 6) is 0.761. The Hall–Kier alpha value is -2.66. The maximum Gasteiger partial charge on any atom is 0.327 e. The summed E-state index contributed by atoms with van der Waals surface area (Å²) in [5.41, 5.74) is 3.94. The second-order valence-electron chi connectivity index (χ2n) is 6.07. The molecule has 2 amide bonds. The van der Waals surface area contributed by atoms with Gasteiger partial charge in [-0.15, -0.1) is 0 Å². The average molecular weight is 350 g/mol. The molecule has 2 heterocycles. The van der Waals surface area contributed by atoms with Crippen LogP contribution in [0.5, 0.6) is 0 Å². The molecular weight excluding hydrogens is 332 g/mol. The van der Waals surface area contributed by atoms with Crippen molar-refractivity contribution < 1.29 is 9.21 Å². The van der Waals surface area contributed by atoms with E-state index >= 15 is 0 Å². The Balaban J connectivity index is 1.68. The van der Waals surface area contributed by atoms with Crippen LogP contribution in [0.1, 0.15) is 22.3 Å². The molecule has 0 unspecified atom stereocenters. The molecule has 0 fully saturated rings. The highest BCUT2D eigenvalue weighted by molar-refractivity contribution is 8.00. The Morgan fingerprint density at radius 3 is 2.72 bits per heavy atom. The highest BCUT2D eigenvalue weighted by Crippen LogP contribution is 2.51. The number of urea groups is 1. The second-order valence-corrected chi connectivity index (χ2v) is 7.19. The van der Waals surface area contributed by atoms with Gasteiger partial charge in [0, 0.05) is 10.6 Å². The molecule has 1 aliphatic heterocycles. The van der Waals surface area contributed by atoms with Crippen LogP contribution < -0.4 is 10.2 Å². The lowest BCUT2D eigenvalue weighted by molar-refractivity contribution is 0.256. The molecule has 0 saturated heterocycles. The lowest BCUT2D eigenvalue weighted by atomic mass is 10.1. The van der Waals surface area contributed by atoms with Gasteiger partial charge < -0.3 is 9.73 Å². The molecule has 5 heteroatoms. The maximum absolute atomic E-state index is 13.1. The number of furan rings is 1. The number of hydrogen-bond acceptors (Lipinski definition) is 3. The van der Waals surface area contributed by atoms with Crippen molar-refractivity contribution in [3.05, 3.63) is 77.7 Å². The molecule has 126 valence electrons. The first kappa shape index (κ1) is 15.8. The highest BCUT2D eigenvalue weighted by Gasteiger charge is 2.37. The van der Waals surface area contributed by atoms with Crippen LogP contribution in [-0.2, 0) is 0 Å². The smallest absolute Gasteiger partial charge is 0.327 e. The zero-order chi connectivity index (χ0) is 17.4. The molecule has 0 aliphatic carbocycles. The molecule has 1 aromatic heterocycles. The van der Waals surface area contributed by atoms with Gasteiger partial charge in [-0.1, -0.05) is 41.6 Å². The maximum atomic E-state index is 13.1. The van der Waals surface area contributed by atoms with Crippen molar-refractivity contribution in [1.82, 2.24) is 0 Å². The molecule has 0 saturated carbocycles. The standard InChI is InChI=1S/C20H18N2O2S/c1-13-9-10-15(14(2)12-13)21-20(23)22-16-6-3-4-8-18(16)25-19(22)17-7-5-11-24-17/h3-12,19H,1-2H3,(H,21,23)/t19-/m0/s1. The van der Waals surface area contributed by atoms with Crippen LogP contribution in [0.25, 0.3) is 0 Å². The molecule has 4 rings (SSSR count). The fraction of sp³-hybridized carbons (Fsp3) is 0.150. The lowest BCUT2D eigenvalue weighted by Gasteiger charge is -2.24. The third-order valence-electron chi connectivity index (χ3n) is 4.23. The van der Waals surface area contributed by atoms with E-state index in [1.54, 1.807) is 22.9 Å². The quantitative estimate of drug-likeness (QED) is 0.641. The zero-order valence-electron chi connectivity index (χ0n) is 14.0. The molecule has 3 aromatic rings. The Labute approximate surface area is 150 Å². The second kappa shape index (κ2) is 6.33. The Morgan fingerprint density at radius 2 is 1.96 bits per heavy atom. The van der Waals surface area contributed by atoms with E-state index in [4.69, 9.17) is 4.42 Å². The number of hydrogen-bond donors (Lipinski definition) is 1.